The van der Waals surface area contributed by atoms with Crippen molar-refractivity contribution in [3.05, 3.63) is 205 Å². The highest BCUT2D eigenvalue weighted by atomic mass is 19.4. The van der Waals surface area contributed by atoms with Crippen LogP contribution in [0.3, 0.4) is 0 Å². The fourth-order valence-electron chi connectivity index (χ4n) is 8.12. The number of fused-ring (bicyclic) bond motifs is 3. The first-order chi connectivity index (χ1) is 30.7. The van der Waals surface area contributed by atoms with Gasteiger partial charge in [0.15, 0.2) is 17.5 Å². The molecular weight excluding hydrogens is 790 g/mol. The predicted molar refractivity (Wildman–Crippen MR) is 241 cm³/mol. The van der Waals surface area contributed by atoms with Gasteiger partial charge in [0.1, 0.15) is 0 Å². The summed E-state index contributed by atoms with van der Waals surface area (Å²) in [6.07, 6.45) is -4.64. The molecule has 2 aromatic heterocycles. The summed E-state index contributed by atoms with van der Waals surface area (Å²) in [6.45, 7) is 0. The molecule has 0 N–H and O–H groups in total. The average Bonchev–Trinajstić information content (AvgIpc) is 3.67. The third-order valence-corrected chi connectivity index (χ3v) is 11.2. The number of aromatic nitrogens is 4. The molecule has 0 saturated carbocycles. The fourth-order valence-corrected chi connectivity index (χ4v) is 8.12. The zero-order chi connectivity index (χ0) is 43.1. The molecule has 8 aromatic carbocycles. The van der Waals surface area contributed by atoms with Crippen molar-refractivity contribution < 1.29 is 13.2 Å². The van der Waals surface area contributed by atoms with Crippen LogP contribution < -0.4 is 0 Å². The van der Waals surface area contributed by atoms with Gasteiger partial charge in [0.25, 0.3) is 0 Å². The standard InChI is InChI=1S/C54H31F3N6/c55-54(56,57)48-14-8-7-13-44(48)43-26-25-42(31-47(43)53-61-51(38-9-3-1-4-10-38)60-52(62-53)39-11-5-2-6-12-39)63-49-27-23-40(36-19-15-34(32-58)16-20-36)29-45(49)46-30-41(24-28-50(46)63)37-21-17-35(33-59)18-22-37/h1-31H. The van der Waals surface area contributed by atoms with E-state index in [0.29, 0.717) is 39.6 Å². The van der Waals surface area contributed by atoms with Crippen LogP contribution in [0.5, 0.6) is 0 Å². The molecule has 10 aromatic rings. The first kappa shape index (κ1) is 38.5. The number of halogens is 3. The van der Waals surface area contributed by atoms with Gasteiger partial charge in [0.05, 0.1) is 39.9 Å². The van der Waals surface area contributed by atoms with Crippen molar-refractivity contribution in [2.75, 3.05) is 0 Å². The van der Waals surface area contributed by atoms with Gasteiger partial charge in [-0.15, -0.1) is 0 Å². The van der Waals surface area contributed by atoms with Gasteiger partial charge in [-0.05, 0) is 100 Å². The summed E-state index contributed by atoms with van der Waals surface area (Å²) in [6, 6.07) is 61.5. The van der Waals surface area contributed by atoms with E-state index in [2.05, 4.69) is 28.8 Å². The largest absolute Gasteiger partial charge is 0.417 e. The minimum absolute atomic E-state index is 0.00387. The van der Waals surface area contributed by atoms with E-state index in [1.807, 2.05) is 121 Å². The van der Waals surface area contributed by atoms with E-state index in [-0.39, 0.29) is 11.4 Å². The Morgan fingerprint density at radius 2 is 0.857 bits per heavy atom. The highest BCUT2D eigenvalue weighted by molar-refractivity contribution is 6.12. The first-order valence-electron chi connectivity index (χ1n) is 20.0. The van der Waals surface area contributed by atoms with E-state index < -0.39 is 11.7 Å². The summed E-state index contributed by atoms with van der Waals surface area (Å²) < 4.78 is 46.5. The van der Waals surface area contributed by atoms with Gasteiger partial charge < -0.3 is 4.57 Å². The van der Waals surface area contributed by atoms with Crippen molar-refractivity contribution in [1.82, 2.24) is 19.5 Å². The number of hydrogen-bond acceptors (Lipinski definition) is 5. The van der Waals surface area contributed by atoms with Crippen molar-refractivity contribution in [1.29, 1.82) is 10.5 Å². The summed E-state index contributed by atoms with van der Waals surface area (Å²) in [5, 5.41) is 20.8. The molecule has 2 heterocycles. The maximum absolute atomic E-state index is 14.8. The summed E-state index contributed by atoms with van der Waals surface area (Å²) in [5.74, 6) is 0.966. The normalized spacial score (nSPS) is 11.4. The molecule has 0 fully saturated rings. The number of nitriles is 2. The molecule has 0 saturated heterocycles. The monoisotopic (exact) mass is 820 g/mol. The quantitative estimate of drug-likeness (QED) is 0.160. The van der Waals surface area contributed by atoms with Crippen LogP contribution in [-0.4, -0.2) is 19.5 Å². The van der Waals surface area contributed by atoms with Crippen molar-refractivity contribution >= 4 is 21.8 Å². The van der Waals surface area contributed by atoms with Gasteiger partial charge in [0, 0.05) is 33.2 Å². The van der Waals surface area contributed by atoms with Gasteiger partial charge in [-0.1, -0.05) is 121 Å². The van der Waals surface area contributed by atoms with Crippen LogP contribution in [0, 0.1) is 22.7 Å². The Balaban J connectivity index is 1.25. The number of rotatable bonds is 7. The summed E-state index contributed by atoms with van der Waals surface area (Å²) in [5.41, 5.74) is 8.66. The predicted octanol–water partition coefficient (Wildman–Crippen LogP) is 13.7. The molecule has 0 bridgehead atoms. The Kier molecular flexibility index (Phi) is 9.63. The molecule has 0 aliphatic carbocycles. The van der Waals surface area contributed by atoms with E-state index in [0.717, 1.165) is 61.3 Å². The van der Waals surface area contributed by atoms with E-state index in [4.69, 9.17) is 15.0 Å². The molecule has 298 valence electrons. The van der Waals surface area contributed by atoms with E-state index in [1.165, 1.54) is 12.1 Å². The SMILES string of the molecule is N#Cc1ccc(-c2ccc3c(c2)c2cc(-c4ccc(C#N)cc4)ccc2n3-c2ccc(-c3ccccc3C(F)(F)F)c(-c3nc(-c4ccccc4)nc(-c4ccccc4)n3)c2)cc1. The Hall–Kier alpha value is -8.66. The maximum atomic E-state index is 14.8. The zero-order valence-corrected chi connectivity index (χ0v) is 33.2. The molecule has 0 unspecified atom stereocenters. The number of benzene rings is 8. The Labute approximate surface area is 360 Å². The molecular formula is C54H31F3N6. The Morgan fingerprint density at radius 1 is 0.397 bits per heavy atom. The van der Waals surface area contributed by atoms with Crippen molar-refractivity contribution in [3.63, 3.8) is 0 Å². The summed E-state index contributed by atoms with van der Waals surface area (Å²) in [7, 11) is 0. The highest BCUT2D eigenvalue weighted by Crippen LogP contribution is 2.43. The Bertz CT molecular complexity index is 3260. The van der Waals surface area contributed by atoms with Gasteiger partial charge >= 0.3 is 6.18 Å². The van der Waals surface area contributed by atoms with Gasteiger partial charge in [0.2, 0.25) is 0 Å². The van der Waals surface area contributed by atoms with Crippen molar-refractivity contribution in [2.45, 2.75) is 6.18 Å². The molecule has 9 heteroatoms. The molecule has 0 atom stereocenters. The molecule has 0 aliphatic heterocycles. The molecule has 0 amide bonds. The number of nitrogens with zero attached hydrogens (tertiary/aromatic N) is 6. The third-order valence-electron chi connectivity index (χ3n) is 11.2. The third kappa shape index (κ3) is 7.24. The maximum Gasteiger partial charge on any atom is 0.417 e. The minimum atomic E-state index is -4.64. The van der Waals surface area contributed by atoms with Crippen LogP contribution in [0.15, 0.2) is 188 Å². The molecule has 0 spiro atoms. The second-order valence-corrected chi connectivity index (χ2v) is 15.0. The fraction of sp³-hybridized carbons (Fsp3) is 0.0185. The van der Waals surface area contributed by atoms with Crippen LogP contribution >= 0.6 is 0 Å². The summed E-state index contributed by atoms with van der Waals surface area (Å²) in [4.78, 5) is 14.8. The van der Waals surface area contributed by atoms with E-state index >= 15 is 0 Å². The first-order valence-corrected chi connectivity index (χ1v) is 20.0. The lowest BCUT2D eigenvalue weighted by molar-refractivity contribution is -0.137. The number of hydrogen-bond donors (Lipinski definition) is 0. The molecule has 10 rings (SSSR count). The second-order valence-electron chi connectivity index (χ2n) is 15.0. The van der Waals surface area contributed by atoms with Crippen LogP contribution in [-0.2, 0) is 6.18 Å². The minimum Gasteiger partial charge on any atom is -0.309 e. The van der Waals surface area contributed by atoms with E-state index in [1.54, 1.807) is 36.4 Å². The van der Waals surface area contributed by atoms with Crippen LogP contribution in [0.2, 0.25) is 0 Å². The lowest BCUT2D eigenvalue weighted by Gasteiger charge is -2.18. The zero-order valence-electron chi connectivity index (χ0n) is 33.2. The molecule has 0 aliphatic rings. The molecule has 63 heavy (non-hydrogen) atoms. The van der Waals surface area contributed by atoms with Crippen LogP contribution in [0.4, 0.5) is 13.2 Å². The molecule has 6 nitrogen and oxygen atoms in total. The smallest absolute Gasteiger partial charge is 0.309 e. The van der Waals surface area contributed by atoms with Gasteiger partial charge in [-0.3, -0.25) is 0 Å². The Morgan fingerprint density at radius 3 is 1.35 bits per heavy atom. The molecule has 0 radical (unpaired) electrons. The lowest BCUT2D eigenvalue weighted by atomic mass is 9.94. The van der Waals surface area contributed by atoms with Crippen molar-refractivity contribution in [2.24, 2.45) is 0 Å². The topological polar surface area (TPSA) is 91.2 Å². The summed E-state index contributed by atoms with van der Waals surface area (Å²) >= 11 is 0. The highest BCUT2D eigenvalue weighted by Gasteiger charge is 2.34. The van der Waals surface area contributed by atoms with E-state index in [9.17, 15) is 23.7 Å². The van der Waals surface area contributed by atoms with Crippen molar-refractivity contribution in [3.8, 4) is 85.4 Å². The van der Waals surface area contributed by atoms with Crippen LogP contribution in [0.1, 0.15) is 16.7 Å². The number of alkyl halides is 3. The van der Waals surface area contributed by atoms with Gasteiger partial charge in [-0.25, -0.2) is 15.0 Å². The lowest BCUT2D eigenvalue weighted by Crippen LogP contribution is -2.08. The van der Waals surface area contributed by atoms with Crippen LogP contribution in [0.25, 0.3) is 95.0 Å². The second kappa shape index (κ2) is 15.7. The average molecular weight is 821 g/mol. The van der Waals surface area contributed by atoms with Gasteiger partial charge in [-0.2, -0.15) is 23.7 Å².